The zero-order valence-corrected chi connectivity index (χ0v) is 12.3. The number of amides is 1. The lowest BCUT2D eigenvalue weighted by atomic mass is 10.2. The molecule has 112 valence electrons. The smallest absolute Gasteiger partial charge is 0.255 e. The van der Waals surface area contributed by atoms with Gasteiger partial charge in [-0.25, -0.2) is 9.67 Å². The Bertz CT molecular complexity index is 647. The van der Waals surface area contributed by atoms with Gasteiger partial charge in [0.15, 0.2) is 5.65 Å². The molecule has 0 aromatic carbocycles. The SMILES string of the molecule is C=CCNC(=O)c1cnc2c(cnn2CCCCC)c1N. The fourth-order valence-corrected chi connectivity index (χ4v) is 2.16. The second-order valence-corrected chi connectivity index (χ2v) is 4.90. The van der Waals surface area contributed by atoms with Crippen molar-refractivity contribution in [3.05, 3.63) is 30.6 Å². The molecule has 0 saturated carbocycles. The lowest BCUT2D eigenvalue weighted by Gasteiger charge is -2.07. The van der Waals surface area contributed by atoms with Crippen LogP contribution in [0.5, 0.6) is 0 Å². The summed E-state index contributed by atoms with van der Waals surface area (Å²) in [7, 11) is 0. The van der Waals surface area contributed by atoms with Gasteiger partial charge in [-0.1, -0.05) is 25.8 Å². The normalized spacial score (nSPS) is 10.7. The van der Waals surface area contributed by atoms with E-state index in [9.17, 15) is 4.79 Å². The molecule has 0 saturated heterocycles. The number of nitrogens with zero attached hydrogens (tertiary/aromatic N) is 3. The van der Waals surface area contributed by atoms with E-state index in [0.29, 0.717) is 17.8 Å². The van der Waals surface area contributed by atoms with Gasteiger partial charge >= 0.3 is 0 Å². The Morgan fingerprint density at radius 1 is 1.48 bits per heavy atom. The molecule has 21 heavy (non-hydrogen) atoms. The fourth-order valence-electron chi connectivity index (χ4n) is 2.16. The summed E-state index contributed by atoms with van der Waals surface area (Å²) in [5.74, 6) is -0.250. The fraction of sp³-hybridized carbons (Fsp3) is 0.400. The van der Waals surface area contributed by atoms with E-state index in [2.05, 4.69) is 28.9 Å². The van der Waals surface area contributed by atoms with E-state index in [-0.39, 0.29) is 5.91 Å². The summed E-state index contributed by atoms with van der Waals surface area (Å²) in [6.07, 6.45) is 8.16. The predicted octanol–water partition coefficient (Wildman–Crippen LogP) is 2.12. The predicted molar refractivity (Wildman–Crippen MR) is 84.0 cm³/mol. The van der Waals surface area contributed by atoms with Gasteiger partial charge in [-0.15, -0.1) is 6.58 Å². The van der Waals surface area contributed by atoms with E-state index in [1.807, 2.05) is 4.68 Å². The van der Waals surface area contributed by atoms with Crippen molar-refractivity contribution in [2.24, 2.45) is 0 Å². The standard InChI is InChI=1S/C15H21N5O/c1-3-5-6-8-20-14-11(10-19-20)13(16)12(9-18-14)15(21)17-7-4-2/h4,9-10H,2-3,5-8H2,1H3,(H2,16,18)(H,17,21). The van der Waals surface area contributed by atoms with Crippen LogP contribution in [0, 0.1) is 0 Å². The molecule has 6 heteroatoms. The van der Waals surface area contributed by atoms with Crippen LogP contribution in [0.15, 0.2) is 25.0 Å². The highest BCUT2D eigenvalue weighted by Crippen LogP contribution is 2.23. The molecule has 2 aromatic heterocycles. The lowest BCUT2D eigenvalue weighted by molar-refractivity contribution is 0.0958. The van der Waals surface area contributed by atoms with Crippen LogP contribution >= 0.6 is 0 Å². The minimum atomic E-state index is -0.250. The molecule has 0 aliphatic rings. The van der Waals surface area contributed by atoms with Gasteiger partial charge in [0.05, 0.1) is 22.8 Å². The molecule has 3 N–H and O–H groups in total. The molecule has 6 nitrogen and oxygen atoms in total. The van der Waals surface area contributed by atoms with E-state index in [1.54, 1.807) is 12.3 Å². The van der Waals surface area contributed by atoms with Crippen LogP contribution in [-0.4, -0.2) is 27.2 Å². The van der Waals surface area contributed by atoms with Crippen molar-refractivity contribution in [1.29, 1.82) is 0 Å². The van der Waals surface area contributed by atoms with Crippen LogP contribution < -0.4 is 11.1 Å². The number of nitrogens with one attached hydrogen (secondary N) is 1. The number of carbonyl (C=O) groups excluding carboxylic acids is 1. The van der Waals surface area contributed by atoms with Gasteiger partial charge in [0, 0.05) is 19.3 Å². The molecule has 0 bridgehead atoms. The highest BCUT2D eigenvalue weighted by Gasteiger charge is 2.15. The molecule has 0 atom stereocenters. The Morgan fingerprint density at radius 2 is 2.29 bits per heavy atom. The van der Waals surface area contributed by atoms with Gasteiger partial charge in [0.25, 0.3) is 5.91 Å². The second-order valence-electron chi connectivity index (χ2n) is 4.90. The highest BCUT2D eigenvalue weighted by atomic mass is 16.1. The Morgan fingerprint density at radius 3 is 3.00 bits per heavy atom. The van der Waals surface area contributed by atoms with E-state index < -0.39 is 0 Å². The van der Waals surface area contributed by atoms with E-state index in [1.165, 1.54) is 6.20 Å². The summed E-state index contributed by atoms with van der Waals surface area (Å²) in [5, 5.41) is 7.74. The molecular weight excluding hydrogens is 266 g/mol. The lowest BCUT2D eigenvalue weighted by Crippen LogP contribution is -2.24. The summed E-state index contributed by atoms with van der Waals surface area (Å²) < 4.78 is 1.84. The molecule has 2 rings (SSSR count). The number of rotatable bonds is 7. The highest BCUT2D eigenvalue weighted by molar-refractivity contribution is 6.05. The van der Waals surface area contributed by atoms with Gasteiger partial charge in [0.2, 0.25) is 0 Å². The molecule has 0 radical (unpaired) electrons. The molecule has 0 aliphatic heterocycles. The number of unbranched alkanes of at least 4 members (excludes halogenated alkanes) is 2. The van der Waals surface area contributed by atoms with Crippen LogP contribution in [0.3, 0.4) is 0 Å². The first kappa shape index (κ1) is 15.0. The van der Waals surface area contributed by atoms with Crippen molar-refractivity contribution < 1.29 is 4.79 Å². The molecule has 2 heterocycles. The summed E-state index contributed by atoms with van der Waals surface area (Å²) >= 11 is 0. The Kier molecular flexibility index (Phi) is 4.92. The zero-order valence-electron chi connectivity index (χ0n) is 12.3. The van der Waals surface area contributed by atoms with Crippen LogP contribution in [-0.2, 0) is 6.54 Å². The monoisotopic (exact) mass is 287 g/mol. The molecule has 0 fully saturated rings. The van der Waals surface area contributed by atoms with Gasteiger partial charge in [-0.05, 0) is 6.42 Å². The average Bonchev–Trinajstić information content (AvgIpc) is 2.90. The Labute approximate surface area is 124 Å². The number of carbonyl (C=O) groups is 1. The Balaban J connectivity index is 2.27. The quantitative estimate of drug-likeness (QED) is 0.603. The number of anilines is 1. The minimum Gasteiger partial charge on any atom is -0.397 e. The van der Waals surface area contributed by atoms with Gasteiger partial charge in [0.1, 0.15) is 0 Å². The van der Waals surface area contributed by atoms with Crippen molar-refractivity contribution in [2.45, 2.75) is 32.7 Å². The number of pyridine rings is 1. The van der Waals surface area contributed by atoms with Crippen LogP contribution in [0.25, 0.3) is 11.0 Å². The molecule has 0 unspecified atom stereocenters. The van der Waals surface area contributed by atoms with Gasteiger partial charge in [-0.2, -0.15) is 5.10 Å². The van der Waals surface area contributed by atoms with E-state index in [4.69, 9.17) is 5.73 Å². The zero-order chi connectivity index (χ0) is 15.2. The number of hydrogen-bond acceptors (Lipinski definition) is 4. The van der Waals surface area contributed by atoms with Crippen molar-refractivity contribution >= 4 is 22.6 Å². The molecule has 0 spiro atoms. The van der Waals surface area contributed by atoms with Crippen LogP contribution in [0.4, 0.5) is 5.69 Å². The number of hydrogen-bond donors (Lipinski definition) is 2. The maximum atomic E-state index is 12.0. The molecule has 0 aliphatic carbocycles. The number of aromatic nitrogens is 3. The number of nitrogens with two attached hydrogens (primary N) is 1. The summed E-state index contributed by atoms with van der Waals surface area (Å²) in [6, 6.07) is 0. The Hall–Kier alpha value is -2.37. The van der Waals surface area contributed by atoms with Crippen LogP contribution in [0.2, 0.25) is 0 Å². The van der Waals surface area contributed by atoms with Crippen molar-refractivity contribution in [3.8, 4) is 0 Å². The first-order chi connectivity index (χ1) is 10.2. The molecule has 1 amide bonds. The van der Waals surface area contributed by atoms with Gasteiger partial charge < -0.3 is 11.1 Å². The maximum absolute atomic E-state index is 12.0. The average molecular weight is 287 g/mol. The second kappa shape index (κ2) is 6.88. The van der Waals surface area contributed by atoms with Crippen molar-refractivity contribution in [1.82, 2.24) is 20.1 Å². The topological polar surface area (TPSA) is 85.8 Å². The third-order valence-electron chi connectivity index (χ3n) is 3.33. The number of aryl methyl sites for hydroxylation is 1. The number of fused-ring (bicyclic) bond motifs is 1. The largest absolute Gasteiger partial charge is 0.397 e. The van der Waals surface area contributed by atoms with E-state index in [0.717, 1.165) is 36.8 Å². The molecule has 2 aromatic rings. The van der Waals surface area contributed by atoms with Crippen molar-refractivity contribution in [2.75, 3.05) is 12.3 Å². The van der Waals surface area contributed by atoms with Crippen molar-refractivity contribution in [3.63, 3.8) is 0 Å². The van der Waals surface area contributed by atoms with Crippen LogP contribution in [0.1, 0.15) is 36.5 Å². The van der Waals surface area contributed by atoms with E-state index >= 15 is 0 Å². The molecular formula is C15H21N5O. The number of nitrogen functional groups attached to an aromatic ring is 1. The third kappa shape index (κ3) is 3.21. The first-order valence-electron chi connectivity index (χ1n) is 7.18. The first-order valence-corrected chi connectivity index (χ1v) is 7.18. The summed E-state index contributed by atoms with van der Waals surface area (Å²) in [4.78, 5) is 16.3. The summed E-state index contributed by atoms with van der Waals surface area (Å²) in [5.41, 5.74) is 7.60. The minimum absolute atomic E-state index is 0.250. The third-order valence-corrected chi connectivity index (χ3v) is 3.33. The maximum Gasteiger partial charge on any atom is 0.255 e. The summed E-state index contributed by atoms with van der Waals surface area (Å²) in [6.45, 7) is 6.93. The van der Waals surface area contributed by atoms with Gasteiger partial charge in [-0.3, -0.25) is 4.79 Å².